The average Bonchev–Trinajstić information content (AvgIpc) is 2.58. The lowest BCUT2D eigenvalue weighted by molar-refractivity contribution is -0.141. The molecule has 0 aromatic carbocycles. The zero-order valence-corrected chi connectivity index (χ0v) is 9.67. The molecule has 0 saturated carbocycles. The van der Waals surface area contributed by atoms with E-state index in [1.54, 1.807) is 6.92 Å². The highest BCUT2D eigenvalue weighted by molar-refractivity contribution is 7.17. The molecule has 0 saturated heterocycles. The van der Waals surface area contributed by atoms with Gasteiger partial charge in [-0.05, 0) is 18.0 Å². The van der Waals surface area contributed by atoms with Crippen LogP contribution in [0.3, 0.4) is 0 Å². The minimum atomic E-state index is -4.70. The van der Waals surface area contributed by atoms with Crippen LogP contribution in [0.15, 0.2) is 0 Å². The van der Waals surface area contributed by atoms with Gasteiger partial charge in [0, 0.05) is 0 Å². The Morgan fingerprint density at radius 1 is 1.56 bits per heavy atom. The van der Waals surface area contributed by atoms with E-state index in [4.69, 9.17) is 16.3 Å². The molecule has 16 heavy (non-hydrogen) atoms. The fourth-order valence-corrected chi connectivity index (χ4v) is 1.87. The minimum absolute atomic E-state index is 0.196. The molecular formula is C8H7ClF3NO2S. The molecule has 1 heterocycles. The molecule has 1 rings (SSSR count). The summed E-state index contributed by atoms with van der Waals surface area (Å²) in [6.45, 7) is 2.03. The average molecular weight is 274 g/mol. The molecule has 0 atom stereocenters. The summed E-state index contributed by atoms with van der Waals surface area (Å²) in [5.74, 6) is 0. The molecule has 0 spiro atoms. The molecule has 0 radical (unpaired) electrons. The lowest BCUT2D eigenvalue weighted by Crippen LogP contribution is -2.09. The van der Waals surface area contributed by atoms with Gasteiger partial charge in [-0.2, -0.15) is 18.2 Å². The smallest absolute Gasteiger partial charge is 0.435 e. The van der Waals surface area contributed by atoms with Gasteiger partial charge in [0.25, 0.3) is 10.4 Å². The number of alkyl halides is 3. The van der Waals surface area contributed by atoms with Crippen molar-refractivity contribution in [2.45, 2.75) is 19.5 Å². The number of hydrogen-bond donors (Lipinski definition) is 0. The van der Waals surface area contributed by atoms with Gasteiger partial charge >= 0.3 is 6.18 Å². The molecule has 0 aliphatic rings. The fourth-order valence-electron chi connectivity index (χ4n) is 0.877. The normalized spacial score (nSPS) is 11.6. The first-order valence-corrected chi connectivity index (χ1v) is 5.46. The number of aromatic nitrogens is 1. The molecule has 0 N–H and O–H groups in total. The Morgan fingerprint density at radius 3 is 2.56 bits per heavy atom. The first kappa shape index (κ1) is 13.2. The Bertz CT molecular complexity index is 391. The summed E-state index contributed by atoms with van der Waals surface area (Å²) in [5, 5.41) is -1.38. The maximum atomic E-state index is 12.4. The Kier molecular flexibility index (Phi) is 4.15. The molecule has 0 aliphatic heterocycles. The summed E-state index contributed by atoms with van der Waals surface area (Å²) in [6, 6.07) is 0. The van der Waals surface area contributed by atoms with E-state index in [0.717, 1.165) is 0 Å². The number of hydrogen-bond acceptors (Lipinski definition) is 4. The topological polar surface area (TPSA) is 39.2 Å². The maximum Gasteiger partial charge on any atom is 0.435 e. The Morgan fingerprint density at radius 2 is 2.19 bits per heavy atom. The second kappa shape index (κ2) is 5.01. The summed E-state index contributed by atoms with van der Waals surface area (Å²) in [4.78, 5) is 13.3. The van der Waals surface area contributed by atoms with Crippen LogP contribution in [0.2, 0.25) is 0 Å². The molecule has 0 bridgehead atoms. The van der Waals surface area contributed by atoms with Gasteiger partial charge in [0.1, 0.15) is 4.88 Å². The van der Waals surface area contributed by atoms with Crippen molar-refractivity contribution in [2.75, 3.05) is 6.61 Å². The van der Waals surface area contributed by atoms with Gasteiger partial charge in [0.2, 0.25) is 0 Å². The van der Waals surface area contributed by atoms with Crippen molar-refractivity contribution in [3.05, 3.63) is 10.6 Å². The van der Waals surface area contributed by atoms with Crippen molar-refractivity contribution < 1.29 is 22.7 Å². The van der Waals surface area contributed by atoms with Gasteiger partial charge in [0.05, 0.1) is 6.61 Å². The van der Waals surface area contributed by atoms with Crippen LogP contribution in [0, 0.1) is 0 Å². The van der Waals surface area contributed by atoms with E-state index in [9.17, 15) is 18.0 Å². The van der Waals surface area contributed by atoms with Gasteiger partial charge in [-0.15, -0.1) is 0 Å². The molecule has 0 aliphatic carbocycles. The maximum absolute atomic E-state index is 12.4. The molecule has 0 fully saturated rings. The predicted octanol–water partition coefficient (Wildman–Crippen LogP) is 3.33. The van der Waals surface area contributed by atoms with Crippen LogP contribution in [-0.4, -0.2) is 16.8 Å². The van der Waals surface area contributed by atoms with Crippen molar-refractivity contribution in [2.24, 2.45) is 0 Å². The van der Waals surface area contributed by atoms with Crippen LogP contribution in [0.1, 0.15) is 28.7 Å². The van der Waals surface area contributed by atoms with Gasteiger partial charge < -0.3 is 4.74 Å². The van der Waals surface area contributed by atoms with Crippen molar-refractivity contribution in [1.29, 1.82) is 0 Å². The number of carbonyl (C=O) groups excluding carboxylic acids is 1. The third-order valence-electron chi connectivity index (χ3n) is 1.48. The SMILES string of the molecule is CCCOc1nc(C(F)(F)F)c(C(=O)Cl)s1. The molecule has 3 nitrogen and oxygen atoms in total. The fraction of sp³-hybridized carbons (Fsp3) is 0.500. The van der Waals surface area contributed by atoms with E-state index < -0.39 is 22.0 Å². The van der Waals surface area contributed by atoms with Gasteiger partial charge in [-0.1, -0.05) is 18.3 Å². The van der Waals surface area contributed by atoms with Crippen molar-refractivity contribution in [3.63, 3.8) is 0 Å². The molecule has 90 valence electrons. The summed E-state index contributed by atoms with van der Waals surface area (Å²) in [5.41, 5.74) is -1.29. The van der Waals surface area contributed by atoms with Crippen molar-refractivity contribution in [1.82, 2.24) is 4.98 Å². The van der Waals surface area contributed by atoms with Crippen LogP contribution in [-0.2, 0) is 6.18 Å². The summed E-state index contributed by atoms with van der Waals surface area (Å²) < 4.78 is 42.2. The number of rotatable bonds is 4. The first-order valence-electron chi connectivity index (χ1n) is 4.27. The largest absolute Gasteiger partial charge is 0.470 e. The van der Waals surface area contributed by atoms with Crippen LogP contribution < -0.4 is 4.74 Å². The van der Waals surface area contributed by atoms with Crippen LogP contribution in [0.4, 0.5) is 13.2 Å². The third-order valence-corrected chi connectivity index (χ3v) is 2.75. The van der Waals surface area contributed by atoms with Gasteiger partial charge in [-0.3, -0.25) is 4.79 Å². The Balaban J connectivity index is 3.06. The van der Waals surface area contributed by atoms with Crippen molar-refractivity contribution >= 4 is 28.2 Å². The quantitative estimate of drug-likeness (QED) is 0.790. The van der Waals surface area contributed by atoms with E-state index >= 15 is 0 Å². The number of carbonyl (C=O) groups is 1. The van der Waals surface area contributed by atoms with E-state index in [1.807, 2.05) is 0 Å². The van der Waals surface area contributed by atoms with Crippen LogP contribution in [0.25, 0.3) is 0 Å². The Labute approximate surface area is 98.2 Å². The predicted molar refractivity (Wildman–Crippen MR) is 53.1 cm³/mol. The molecular weight excluding hydrogens is 267 g/mol. The molecule has 8 heteroatoms. The number of ether oxygens (including phenoxy) is 1. The second-order valence-electron chi connectivity index (χ2n) is 2.78. The van der Waals surface area contributed by atoms with Crippen LogP contribution in [0.5, 0.6) is 5.19 Å². The van der Waals surface area contributed by atoms with E-state index in [1.165, 1.54) is 0 Å². The number of thiazole rings is 1. The van der Waals surface area contributed by atoms with E-state index in [0.29, 0.717) is 17.8 Å². The number of nitrogens with zero attached hydrogens (tertiary/aromatic N) is 1. The van der Waals surface area contributed by atoms with E-state index in [-0.39, 0.29) is 11.8 Å². The summed E-state index contributed by atoms with van der Waals surface area (Å²) in [6.07, 6.45) is -4.07. The Hall–Kier alpha value is -0.820. The monoisotopic (exact) mass is 273 g/mol. The highest BCUT2D eigenvalue weighted by Gasteiger charge is 2.39. The van der Waals surface area contributed by atoms with Crippen LogP contribution >= 0.6 is 22.9 Å². The third kappa shape index (κ3) is 3.08. The minimum Gasteiger partial charge on any atom is -0.470 e. The van der Waals surface area contributed by atoms with Gasteiger partial charge in [0.15, 0.2) is 5.69 Å². The highest BCUT2D eigenvalue weighted by atomic mass is 35.5. The standard InChI is InChI=1S/C8H7ClF3NO2S/c1-2-3-15-7-13-5(8(10,11)12)4(16-7)6(9)14/h2-3H2,1H3. The first-order chi connectivity index (χ1) is 7.36. The zero-order chi connectivity index (χ0) is 12.3. The van der Waals surface area contributed by atoms with E-state index in [2.05, 4.69) is 4.98 Å². The lowest BCUT2D eigenvalue weighted by atomic mass is 10.4. The van der Waals surface area contributed by atoms with Gasteiger partial charge in [-0.25, -0.2) is 0 Å². The highest BCUT2D eigenvalue weighted by Crippen LogP contribution is 2.37. The summed E-state index contributed by atoms with van der Waals surface area (Å²) >= 11 is 5.54. The summed E-state index contributed by atoms with van der Waals surface area (Å²) in [7, 11) is 0. The molecule has 1 aromatic heterocycles. The van der Waals surface area contributed by atoms with Crippen molar-refractivity contribution in [3.8, 4) is 5.19 Å². The molecule has 0 amide bonds. The zero-order valence-electron chi connectivity index (χ0n) is 8.10. The lowest BCUT2D eigenvalue weighted by Gasteiger charge is -2.02. The molecule has 1 aromatic rings. The molecule has 0 unspecified atom stereocenters. The second-order valence-corrected chi connectivity index (χ2v) is 4.08. The number of halogens is 4.